The molecule has 0 aromatic heterocycles. The van der Waals surface area contributed by atoms with E-state index >= 15 is 8.78 Å². The summed E-state index contributed by atoms with van der Waals surface area (Å²) < 4.78 is 44.9. The Morgan fingerprint density at radius 1 is 1.12 bits per heavy atom. The molecular weight excluding hydrogens is 520 g/mol. The first-order chi connectivity index (χ1) is 18.4. The van der Waals surface area contributed by atoms with Crippen molar-refractivity contribution in [3.63, 3.8) is 0 Å². The van der Waals surface area contributed by atoms with Crippen molar-refractivity contribution in [2.75, 3.05) is 6.61 Å². The molecule has 0 heterocycles. The van der Waals surface area contributed by atoms with E-state index in [1.165, 1.54) is 19.1 Å². The second-order valence-corrected chi connectivity index (χ2v) is 14.3. The smallest absolute Gasteiger partial charge is 0.352 e. The van der Waals surface area contributed by atoms with E-state index in [-0.39, 0.29) is 24.8 Å². The van der Waals surface area contributed by atoms with E-state index in [9.17, 15) is 19.5 Å². The predicted molar refractivity (Wildman–Crippen MR) is 140 cm³/mol. The molecule has 7 nitrogen and oxygen atoms in total. The van der Waals surface area contributed by atoms with Gasteiger partial charge in [-0.1, -0.05) is 47.6 Å². The lowest BCUT2D eigenvalue weighted by Gasteiger charge is -2.63. The molecule has 0 saturated heterocycles. The van der Waals surface area contributed by atoms with Crippen LogP contribution in [0.4, 0.5) is 8.78 Å². The fourth-order valence-corrected chi connectivity index (χ4v) is 9.43. The number of aliphatic hydroxyl groups is 1. The fourth-order valence-electron chi connectivity index (χ4n) is 9.43. The molecule has 5 aliphatic rings. The van der Waals surface area contributed by atoms with E-state index in [2.05, 4.69) is 0 Å². The highest BCUT2D eigenvalue weighted by atomic mass is 19.1. The van der Waals surface area contributed by atoms with Crippen molar-refractivity contribution in [3.8, 4) is 6.07 Å². The second kappa shape index (κ2) is 8.47. The van der Waals surface area contributed by atoms with Crippen molar-refractivity contribution < 1.29 is 37.7 Å². The Labute approximate surface area is 234 Å². The summed E-state index contributed by atoms with van der Waals surface area (Å²) in [6, 6.07) is 1.77. The number of hydrogen-bond donors (Lipinski definition) is 1. The minimum atomic E-state index is -2.33. The number of nitrogens with zero attached hydrogens (tertiary/aromatic N) is 1. The zero-order valence-corrected chi connectivity index (χ0v) is 24.2. The number of carbonyl (C=O) groups excluding carboxylic acids is 3. The van der Waals surface area contributed by atoms with Crippen molar-refractivity contribution in [3.05, 3.63) is 23.8 Å². The van der Waals surface area contributed by atoms with Gasteiger partial charge < -0.3 is 14.6 Å². The highest BCUT2D eigenvalue weighted by molar-refractivity contribution is 6.01. The van der Waals surface area contributed by atoms with Crippen LogP contribution in [0.2, 0.25) is 0 Å². The summed E-state index contributed by atoms with van der Waals surface area (Å²) in [7, 11) is 0. The number of aliphatic hydroxyl groups excluding tert-OH is 1. The Hall–Kier alpha value is -2.60. The Kier molecular flexibility index (Phi) is 6.12. The zero-order chi connectivity index (χ0) is 29.8. The maximum Gasteiger partial charge on any atom is 0.352 e. The molecule has 0 bridgehead atoms. The molecule has 0 unspecified atom stereocenters. The van der Waals surface area contributed by atoms with E-state index in [1.54, 1.807) is 19.9 Å². The Bertz CT molecular complexity index is 1270. The number of esters is 2. The number of allylic oxidation sites excluding steroid dienone is 4. The number of ketones is 1. The molecular formula is C31H39F2NO6. The highest BCUT2D eigenvalue weighted by Gasteiger charge is 2.80. The number of carbonyl (C=O) groups is 3. The zero-order valence-electron chi connectivity index (χ0n) is 24.2. The van der Waals surface area contributed by atoms with Crippen LogP contribution in [0.25, 0.3) is 0 Å². The SMILES string of the molecule is C[C@@H]1C[C@H]2[C@@H]3C[C@H](F)C4=CC(=O)C=C[C@]4(C)[C@@]3(F)[C@@H](O)C[C@]2(C)[C@]1(OC(=O)C1C(C)(C)C1(C)C)C(=O)OCC#N. The minimum Gasteiger partial charge on any atom is -0.447 e. The highest BCUT2D eigenvalue weighted by Crippen LogP contribution is 2.73. The summed E-state index contributed by atoms with van der Waals surface area (Å²) >= 11 is 0. The number of halogens is 2. The molecule has 9 atom stereocenters. The summed E-state index contributed by atoms with van der Waals surface area (Å²) in [4.78, 5) is 39.7. The molecule has 40 heavy (non-hydrogen) atoms. The molecule has 0 spiro atoms. The van der Waals surface area contributed by atoms with E-state index in [0.717, 1.165) is 6.08 Å². The first kappa shape index (κ1) is 28.9. The van der Waals surface area contributed by atoms with Gasteiger partial charge in [0.1, 0.15) is 12.2 Å². The van der Waals surface area contributed by atoms with Crippen LogP contribution in [0.3, 0.4) is 0 Å². The largest absolute Gasteiger partial charge is 0.447 e. The monoisotopic (exact) mass is 559 g/mol. The molecule has 0 aromatic carbocycles. The number of nitriles is 1. The van der Waals surface area contributed by atoms with Gasteiger partial charge in [0.25, 0.3) is 0 Å². The van der Waals surface area contributed by atoms with Crippen LogP contribution in [0, 0.1) is 56.7 Å². The van der Waals surface area contributed by atoms with Gasteiger partial charge in [-0.25, -0.2) is 13.6 Å². The average molecular weight is 560 g/mol. The molecule has 4 saturated carbocycles. The summed E-state index contributed by atoms with van der Waals surface area (Å²) in [6.07, 6.45) is 0.0707. The lowest BCUT2D eigenvalue weighted by Crippen LogP contribution is -2.71. The van der Waals surface area contributed by atoms with Crippen LogP contribution in [0.15, 0.2) is 23.8 Å². The third-order valence-corrected chi connectivity index (χ3v) is 12.3. The Morgan fingerprint density at radius 3 is 2.33 bits per heavy atom. The van der Waals surface area contributed by atoms with Gasteiger partial charge in [0.15, 0.2) is 18.1 Å². The minimum absolute atomic E-state index is 0.0109. The van der Waals surface area contributed by atoms with Crippen LogP contribution >= 0.6 is 0 Å². The lowest BCUT2D eigenvalue weighted by molar-refractivity contribution is -0.239. The Balaban J connectivity index is 1.62. The number of fused-ring (bicyclic) bond motifs is 5. The van der Waals surface area contributed by atoms with E-state index < -0.39 is 93.2 Å². The van der Waals surface area contributed by atoms with Crippen LogP contribution in [0.1, 0.15) is 67.7 Å². The molecule has 5 aliphatic carbocycles. The van der Waals surface area contributed by atoms with Crippen LogP contribution in [-0.2, 0) is 23.9 Å². The first-order valence-electron chi connectivity index (χ1n) is 14.1. The van der Waals surface area contributed by atoms with Gasteiger partial charge in [0.2, 0.25) is 5.60 Å². The number of ether oxygens (including phenoxy) is 2. The standard InChI is InChI=1S/C31H39F2NO6/c1-16-12-18-19-14-21(32)20-13-17(35)8-9-28(20,6)30(19,33)22(36)15-29(18,7)31(16,25(38)39-11-10-34)40-24(37)23-26(2,3)27(23,4)5/h8-9,13,16,18-19,21-23,36H,11-12,14-15H2,1-7H3/t16-,18+,19+,21+,22+,28+,29+,30+,31-/m1/s1. The summed E-state index contributed by atoms with van der Waals surface area (Å²) in [5, 5.41) is 20.8. The van der Waals surface area contributed by atoms with Gasteiger partial charge in [-0.2, -0.15) is 5.26 Å². The normalized spacial score (nSPS) is 46.3. The van der Waals surface area contributed by atoms with Crippen molar-refractivity contribution >= 4 is 17.7 Å². The lowest BCUT2D eigenvalue weighted by atomic mass is 9.44. The average Bonchev–Trinajstić information content (AvgIpc) is 3.17. The van der Waals surface area contributed by atoms with E-state index in [1.807, 2.05) is 27.7 Å². The maximum absolute atomic E-state index is 17.5. The maximum atomic E-state index is 17.5. The van der Waals surface area contributed by atoms with Crippen molar-refractivity contribution in [2.24, 2.45) is 45.3 Å². The van der Waals surface area contributed by atoms with E-state index in [0.29, 0.717) is 0 Å². The van der Waals surface area contributed by atoms with Crippen LogP contribution < -0.4 is 0 Å². The molecule has 5 rings (SSSR count). The van der Waals surface area contributed by atoms with Gasteiger partial charge in [0, 0.05) is 22.7 Å². The van der Waals surface area contributed by atoms with Gasteiger partial charge in [-0.05, 0) is 60.7 Å². The first-order valence-corrected chi connectivity index (χ1v) is 14.1. The summed E-state index contributed by atoms with van der Waals surface area (Å²) in [5.74, 6) is -4.80. The molecule has 0 amide bonds. The third kappa shape index (κ3) is 3.20. The van der Waals surface area contributed by atoms with E-state index in [4.69, 9.17) is 14.7 Å². The molecule has 1 N–H and O–H groups in total. The molecule has 0 radical (unpaired) electrons. The molecule has 218 valence electrons. The van der Waals surface area contributed by atoms with Crippen molar-refractivity contribution in [1.29, 1.82) is 5.26 Å². The summed E-state index contributed by atoms with van der Waals surface area (Å²) in [5.41, 5.74) is -7.91. The Morgan fingerprint density at radius 2 is 1.75 bits per heavy atom. The van der Waals surface area contributed by atoms with Crippen molar-refractivity contribution in [1.82, 2.24) is 0 Å². The van der Waals surface area contributed by atoms with Gasteiger partial charge >= 0.3 is 11.9 Å². The summed E-state index contributed by atoms with van der Waals surface area (Å²) in [6.45, 7) is 12.1. The van der Waals surface area contributed by atoms with Gasteiger partial charge in [-0.15, -0.1) is 0 Å². The topological polar surface area (TPSA) is 114 Å². The van der Waals surface area contributed by atoms with Crippen LogP contribution in [-0.4, -0.2) is 53.0 Å². The van der Waals surface area contributed by atoms with Crippen LogP contribution in [0.5, 0.6) is 0 Å². The third-order valence-electron chi connectivity index (χ3n) is 12.3. The molecule has 0 aromatic rings. The van der Waals surface area contributed by atoms with Crippen molar-refractivity contribution in [2.45, 2.75) is 91.3 Å². The second-order valence-electron chi connectivity index (χ2n) is 14.3. The predicted octanol–water partition coefficient (Wildman–Crippen LogP) is 4.58. The molecule has 4 fully saturated rings. The van der Waals surface area contributed by atoms with Gasteiger partial charge in [0.05, 0.1) is 12.0 Å². The fraction of sp³-hybridized carbons (Fsp3) is 0.742. The number of hydrogen-bond acceptors (Lipinski definition) is 7. The number of alkyl halides is 2. The molecule has 0 aliphatic heterocycles. The molecule has 9 heteroatoms. The van der Waals surface area contributed by atoms with Gasteiger partial charge in [-0.3, -0.25) is 9.59 Å². The number of rotatable bonds is 4. The quantitative estimate of drug-likeness (QED) is 0.502.